The summed E-state index contributed by atoms with van der Waals surface area (Å²) in [5.74, 6) is 0.762. The van der Waals surface area contributed by atoms with Gasteiger partial charge in [-0.05, 0) is 12.1 Å². The van der Waals surface area contributed by atoms with Crippen LogP contribution < -0.4 is 5.32 Å². The van der Waals surface area contributed by atoms with Crippen molar-refractivity contribution in [2.75, 3.05) is 44.7 Å². The lowest BCUT2D eigenvalue weighted by Gasteiger charge is -2.26. The number of rotatable bonds is 4. The van der Waals surface area contributed by atoms with Gasteiger partial charge in [-0.25, -0.2) is 4.98 Å². The molecule has 0 bridgehead atoms. The molecule has 1 aromatic heterocycles. The molecule has 5 heteroatoms. The summed E-state index contributed by atoms with van der Waals surface area (Å²) in [4.78, 5) is 6.54. The minimum atomic E-state index is 0.671. The predicted molar refractivity (Wildman–Crippen MR) is 65.0 cm³/mol. The first-order valence-corrected chi connectivity index (χ1v) is 5.88. The van der Waals surface area contributed by atoms with Crippen molar-refractivity contribution in [1.29, 1.82) is 0 Å². The Morgan fingerprint density at radius 2 is 2.25 bits per heavy atom. The molecule has 1 saturated heterocycles. The van der Waals surface area contributed by atoms with E-state index < -0.39 is 0 Å². The van der Waals surface area contributed by atoms with E-state index >= 15 is 0 Å². The SMILES string of the molecule is Clc1cccnc1NCCN1CCOCC1. The number of aromatic nitrogens is 1. The molecule has 1 aliphatic heterocycles. The smallest absolute Gasteiger partial charge is 0.144 e. The molecule has 0 atom stereocenters. The van der Waals surface area contributed by atoms with Gasteiger partial charge in [-0.15, -0.1) is 0 Å². The van der Waals surface area contributed by atoms with Crippen LogP contribution in [0.25, 0.3) is 0 Å². The van der Waals surface area contributed by atoms with E-state index in [0.29, 0.717) is 5.02 Å². The van der Waals surface area contributed by atoms with Crippen molar-refractivity contribution in [3.8, 4) is 0 Å². The Balaban J connectivity index is 1.73. The normalized spacial score (nSPS) is 17.3. The summed E-state index contributed by atoms with van der Waals surface area (Å²) in [7, 11) is 0. The maximum atomic E-state index is 5.99. The molecule has 1 N–H and O–H groups in total. The zero-order valence-corrected chi connectivity index (χ0v) is 9.91. The maximum absolute atomic E-state index is 5.99. The first-order chi connectivity index (χ1) is 7.86. The third-order valence-electron chi connectivity index (χ3n) is 2.58. The van der Waals surface area contributed by atoms with Crippen LogP contribution in [0.15, 0.2) is 18.3 Å². The van der Waals surface area contributed by atoms with Crippen molar-refractivity contribution in [3.05, 3.63) is 23.4 Å². The van der Waals surface area contributed by atoms with Gasteiger partial charge in [0, 0.05) is 32.4 Å². The highest BCUT2D eigenvalue weighted by molar-refractivity contribution is 6.32. The van der Waals surface area contributed by atoms with E-state index in [1.807, 2.05) is 12.1 Å². The Labute approximate surface area is 101 Å². The van der Waals surface area contributed by atoms with Crippen molar-refractivity contribution in [1.82, 2.24) is 9.88 Å². The molecule has 0 saturated carbocycles. The van der Waals surface area contributed by atoms with Gasteiger partial charge < -0.3 is 10.1 Å². The Hall–Kier alpha value is -0.840. The van der Waals surface area contributed by atoms with Crippen LogP contribution in [0.2, 0.25) is 5.02 Å². The molecule has 88 valence electrons. The molecular weight excluding hydrogens is 226 g/mol. The third-order valence-corrected chi connectivity index (χ3v) is 2.89. The Bertz CT molecular complexity index is 329. The maximum Gasteiger partial charge on any atom is 0.144 e. The van der Waals surface area contributed by atoms with Gasteiger partial charge in [0.25, 0.3) is 0 Å². The Morgan fingerprint density at radius 3 is 3.00 bits per heavy atom. The molecule has 1 aromatic rings. The number of halogens is 1. The lowest BCUT2D eigenvalue weighted by Crippen LogP contribution is -2.39. The number of hydrogen-bond donors (Lipinski definition) is 1. The molecule has 4 nitrogen and oxygen atoms in total. The Morgan fingerprint density at radius 1 is 1.44 bits per heavy atom. The molecule has 1 aliphatic rings. The van der Waals surface area contributed by atoms with E-state index in [1.165, 1.54) is 0 Å². The number of anilines is 1. The molecule has 0 spiro atoms. The Kier molecular flexibility index (Phi) is 4.39. The zero-order valence-electron chi connectivity index (χ0n) is 9.16. The van der Waals surface area contributed by atoms with Crippen molar-refractivity contribution in [2.24, 2.45) is 0 Å². The third kappa shape index (κ3) is 3.33. The summed E-state index contributed by atoms with van der Waals surface area (Å²) in [5, 5.41) is 3.91. The minimum Gasteiger partial charge on any atom is -0.379 e. The van der Waals surface area contributed by atoms with Gasteiger partial charge in [-0.2, -0.15) is 0 Å². The molecule has 0 unspecified atom stereocenters. The van der Waals surface area contributed by atoms with E-state index in [-0.39, 0.29) is 0 Å². The van der Waals surface area contributed by atoms with E-state index in [4.69, 9.17) is 16.3 Å². The second kappa shape index (κ2) is 6.03. The fourth-order valence-electron chi connectivity index (χ4n) is 1.67. The van der Waals surface area contributed by atoms with Crippen molar-refractivity contribution < 1.29 is 4.74 Å². The summed E-state index contributed by atoms with van der Waals surface area (Å²) < 4.78 is 5.29. The van der Waals surface area contributed by atoms with Crippen LogP contribution >= 0.6 is 11.6 Å². The zero-order chi connectivity index (χ0) is 11.2. The monoisotopic (exact) mass is 241 g/mol. The highest BCUT2D eigenvalue weighted by Gasteiger charge is 2.09. The first-order valence-electron chi connectivity index (χ1n) is 5.51. The first kappa shape index (κ1) is 11.6. The lowest BCUT2D eigenvalue weighted by molar-refractivity contribution is 0.0398. The molecule has 0 aliphatic carbocycles. The summed E-state index contributed by atoms with van der Waals surface area (Å²) in [6.07, 6.45) is 1.74. The lowest BCUT2D eigenvalue weighted by atomic mass is 10.4. The van der Waals surface area contributed by atoms with Gasteiger partial charge in [0.2, 0.25) is 0 Å². The van der Waals surface area contributed by atoms with Crippen molar-refractivity contribution in [3.63, 3.8) is 0 Å². The number of hydrogen-bond acceptors (Lipinski definition) is 4. The molecule has 2 rings (SSSR count). The van der Waals surface area contributed by atoms with Crippen molar-refractivity contribution >= 4 is 17.4 Å². The molecule has 0 amide bonds. The molecule has 16 heavy (non-hydrogen) atoms. The number of nitrogens with zero attached hydrogens (tertiary/aromatic N) is 2. The van der Waals surface area contributed by atoms with Crippen LogP contribution in [0, 0.1) is 0 Å². The van der Waals surface area contributed by atoms with E-state index in [9.17, 15) is 0 Å². The van der Waals surface area contributed by atoms with Gasteiger partial charge >= 0.3 is 0 Å². The standard InChI is InChI=1S/C11H16ClN3O/c12-10-2-1-3-13-11(10)14-4-5-15-6-8-16-9-7-15/h1-3H,4-9H2,(H,13,14). The number of morpholine rings is 1. The number of pyridine rings is 1. The minimum absolute atomic E-state index is 0.671. The van der Waals surface area contributed by atoms with Gasteiger partial charge in [-0.3, -0.25) is 4.90 Å². The molecule has 0 radical (unpaired) electrons. The summed E-state index contributed by atoms with van der Waals surface area (Å²) >= 11 is 5.99. The highest BCUT2D eigenvalue weighted by atomic mass is 35.5. The fraction of sp³-hybridized carbons (Fsp3) is 0.545. The molecule has 2 heterocycles. The second-order valence-electron chi connectivity index (χ2n) is 3.71. The van der Waals surface area contributed by atoms with E-state index in [1.54, 1.807) is 6.20 Å². The highest BCUT2D eigenvalue weighted by Crippen LogP contribution is 2.16. The molecule has 1 fully saturated rings. The van der Waals surface area contributed by atoms with Crippen LogP contribution in [0.1, 0.15) is 0 Å². The van der Waals surface area contributed by atoms with E-state index in [2.05, 4.69) is 15.2 Å². The molecule has 0 aromatic carbocycles. The fourth-order valence-corrected chi connectivity index (χ4v) is 1.86. The van der Waals surface area contributed by atoms with Crippen LogP contribution in [0.3, 0.4) is 0 Å². The van der Waals surface area contributed by atoms with Gasteiger partial charge in [0.15, 0.2) is 0 Å². The quantitative estimate of drug-likeness (QED) is 0.867. The van der Waals surface area contributed by atoms with Crippen LogP contribution in [0.5, 0.6) is 0 Å². The average molecular weight is 242 g/mol. The van der Waals surface area contributed by atoms with Crippen LogP contribution in [-0.2, 0) is 4.74 Å². The summed E-state index contributed by atoms with van der Waals surface area (Å²) in [6, 6.07) is 3.67. The average Bonchev–Trinajstić information content (AvgIpc) is 2.33. The predicted octanol–water partition coefficient (Wildman–Crippen LogP) is 1.48. The van der Waals surface area contributed by atoms with E-state index in [0.717, 1.165) is 45.2 Å². The van der Waals surface area contributed by atoms with Gasteiger partial charge in [0.05, 0.1) is 18.2 Å². The molecular formula is C11H16ClN3O. The van der Waals surface area contributed by atoms with Crippen LogP contribution in [0.4, 0.5) is 5.82 Å². The second-order valence-corrected chi connectivity index (χ2v) is 4.12. The van der Waals surface area contributed by atoms with Gasteiger partial charge in [-0.1, -0.05) is 11.6 Å². The van der Waals surface area contributed by atoms with Crippen molar-refractivity contribution in [2.45, 2.75) is 0 Å². The summed E-state index contributed by atoms with van der Waals surface area (Å²) in [6.45, 7) is 5.55. The topological polar surface area (TPSA) is 37.4 Å². The largest absolute Gasteiger partial charge is 0.379 e. The number of ether oxygens (including phenoxy) is 1. The van der Waals surface area contributed by atoms with Crippen LogP contribution in [-0.4, -0.2) is 49.3 Å². The number of nitrogens with one attached hydrogen (secondary N) is 1. The summed E-state index contributed by atoms with van der Waals surface area (Å²) in [5.41, 5.74) is 0. The van der Waals surface area contributed by atoms with Gasteiger partial charge in [0.1, 0.15) is 5.82 Å².